The van der Waals surface area contributed by atoms with Crippen molar-refractivity contribution in [1.29, 1.82) is 0 Å². The van der Waals surface area contributed by atoms with Crippen LogP contribution in [0.15, 0.2) is 4.99 Å². The zero-order valence-corrected chi connectivity index (χ0v) is 14.2. The van der Waals surface area contributed by atoms with Crippen LogP contribution in [0.2, 0.25) is 0 Å². The van der Waals surface area contributed by atoms with Crippen molar-refractivity contribution in [3.63, 3.8) is 0 Å². The predicted molar refractivity (Wildman–Crippen MR) is 83.6 cm³/mol. The molecule has 0 N–H and O–H groups in total. The molecule has 1 aliphatic heterocycles. The van der Waals surface area contributed by atoms with Crippen molar-refractivity contribution in [3.8, 4) is 0 Å². The van der Waals surface area contributed by atoms with Crippen LogP contribution in [0.1, 0.15) is 27.7 Å². The van der Waals surface area contributed by atoms with Gasteiger partial charge in [0.1, 0.15) is 5.60 Å². The summed E-state index contributed by atoms with van der Waals surface area (Å²) in [4.78, 5) is 18.0. The second kappa shape index (κ2) is 6.82. The molecular weight excluding hydrogens is 351 g/mol. The summed E-state index contributed by atoms with van der Waals surface area (Å²) in [7, 11) is 0. The summed E-state index contributed by atoms with van der Waals surface area (Å²) in [5.41, 5.74) is -0.436. The highest BCUT2D eigenvalue weighted by Crippen LogP contribution is 2.15. The Kier molecular flexibility index (Phi) is 6.83. The Labute approximate surface area is 125 Å². The topological polar surface area (TPSA) is 41.9 Å². The largest absolute Gasteiger partial charge is 0.444 e. The third-order valence-corrected chi connectivity index (χ3v) is 2.77. The molecule has 0 radical (unpaired) electrons. The summed E-state index contributed by atoms with van der Waals surface area (Å²) in [5.74, 6) is 0. The number of ether oxygens (including phenoxy) is 1. The van der Waals surface area contributed by atoms with E-state index in [9.17, 15) is 4.79 Å². The lowest BCUT2D eigenvalue weighted by atomic mass is 10.2. The van der Waals surface area contributed by atoms with Crippen LogP contribution in [-0.4, -0.2) is 47.0 Å². The van der Waals surface area contributed by atoms with Crippen LogP contribution in [0.3, 0.4) is 0 Å². The number of hydrogen-bond acceptors (Lipinski definition) is 4. The van der Waals surface area contributed by atoms with Crippen molar-refractivity contribution in [3.05, 3.63) is 0 Å². The Balaban J connectivity index is 0.00000256. The molecule has 0 saturated heterocycles. The van der Waals surface area contributed by atoms with Crippen LogP contribution in [0.5, 0.6) is 0 Å². The van der Waals surface area contributed by atoms with E-state index in [1.165, 1.54) is 0 Å². The molecule has 0 aromatic carbocycles. The molecule has 17 heavy (non-hydrogen) atoms. The zero-order valence-electron chi connectivity index (χ0n) is 11.0. The summed E-state index contributed by atoms with van der Waals surface area (Å²) in [6.45, 7) is 8.84. The molecule has 6 heteroatoms. The molecule has 0 aromatic heterocycles. The fourth-order valence-corrected chi connectivity index (χ4v) is 2.03. The Morgan fingerprint density at radius 1 is 1.53 bits per heavy atom. The lowest BCUT2D eigenvalue weighted by Gasteiger charge is -2.31. The van der Waals surface area contributed by atoms with Crippen molar-refractivity contribution in [1.82, 2.24) is 4.90 Å². The highest BCUT2D eigenvalue weighted by molar-refractivity contribution is 14.0. The minimum Gasteiger partial charge on any atom is -0.444 e. The van der Waals surface area contributed by atoms with Gasteiger partial charge in [-0.3, -0.25) is 9.89 Å². The van der Waals surface area contributed by atoms with E-state index in [1.807, 2.05) is 34.0 Å². The van der Waals surface area contributed by atoms with Gasteiger partial charge in [0.2, 0.25) is 0 Å². The quantitative estimate of drug-likeness (QED) is 0.614. The highest BCUT2D eigenvalue weighted by atomic mass is 127. The summed E-state index contributed by atoms with van der Waals surface area (Å²) in [6.07, 6.45) is 1.73. The van der Waals surface area contributed by atoms with Gasteiger partial charge in [-0.2, -0.15) is 0 Å². The van der Waals surface area contributed by atoms with E-state index in [-0.39, 0.29) is 36.1 Å². The van der Waals surface area contributed by atoms with E-state index in [2.05, 4.69) is 4.99 Å². The fourth-order valence-electron chi connectivity index (χ4n) is 1.46. The number of aliphatic imine (C=N–C) groups is 1. The number of amides is 1. The Morgan fingerprint density at radius 3 is 2.59 bits per heavy atom. The average Bonchev–Trinajstić information content (AvgIpc) is 2.14. The van der Waals surface area contributed by atoms with Gasteiger partial charge in [-0.15, -0.1) is 35.7 Å². The maximum Gasteiger partial charge on any atom is 0.410 e. The number of halogens is 1. The van der Waals surface area contributed by atoms with Gasteiger partial charge in [-0.25, -0.2) is 4.79 Å². The van der Waals surface area contributed by atoms with Gasteiger partial charge in [-0.1, -0.05) is 0 Å². The summed E-state index contributed by atoms with van der Waals surface area (Å²) < 4.78 is 5.34. The van der Waals surface area contributed by atoms with Crippen LogP contribution in [0.4, 0.5) is 4.79 Å². The SMILES string of the molecule is CSC1=N[C@@H](C)CN(C(=O)OC(C)(C)C)C1.I. The standard InChI is InChI=1S/C11H20N2O2S.HI/c1-8-6-13(7-9(12-8)16-5)10(14)15-11(2,3)4;/h8H,6-7H2,1-5H3;1H/t8-;/m0./s1. The Bertz CT molecular complexity index is 302. The van der Waals surface area contributed by atoms with Crippen molar-refractivity contribution in [2.45, 2.75) is 39.3 Å². The monoisotopic (exact) mass is 372 g/mol. The third-order valence-electron chi connectivity index (χ3n) is 2.06. The van der Waals surface area contributed by atoms with Gasteiger partial charge in [0.15, 0.2) is 0 Å². The number of carbonyl (C=O) groups excluding carboxylic acids is 1. The highest BCUT2D eigenvalue weighted by Gasteiger charge is 2.27. The molecule has 1 atom stereocenters. The Hall–Kier alpha value is 0.0200. The number of hydrogen-bond donors (Lipinski definition) is 0. The molecule has 0 bridgehead atoms. The van der Waals surface area contributed by atoms with Crippen molar-refractivity contribution in [2.75, 3.05) is 19.3 Å². The zero-order chi connectivity index (χ0) is 12.3. The third kappa shape index (κ3) is 5.94. The van der Waals surface area contributed by atoms with Crippen LogP contribution in [0, 0.1) is 0 Å². The maximum atomic E-state index is 11.9. The van der Waals surface area contributed by atoms with Crippen LogP contribution in [0.25, 0.3) is 0 Å². The van der Waals surface area contributed by atoms with E-state index >= 15 is 0 Å². The van der Waals surface area contributed by atoms with Gasteiger partial charge in [-0.05, 0) is 34.0 Å². The average molecular weight is 372 g/mol. The molecule has 0 saturated carbocycles. The van der Waals surface area contributed by atoms with Gasteiger partial charge in [0, 0.05) is 6.54 Å². The van der Waals surface area contributed by atoms with Gasteiger partial charge in [0.25, 0.3) is 0 Å². The van der Waals surface area contributed by atoms with Crippen LogP contribution in [-0.2, 0) is 4.74 Å². The first kappa shape index (κ1) is 17.0. The van der Waals surface area contributed by atoms with E-state index < -0.39 is 5.60 Å². The van der Waals surface area contributed by atoms with Gasteiger partial charge < -0.3 is 4.74 Å². The van der Waals surface area contributed by atoms with E-state index in [0.717, 1.165) is 5.04 Å². The summed E-state index contributed by atoms with van der Waals surface area (Å²) in [6, 6.07) is 0.156. The van der Waals surface area contributed by atoms with Crippen LogP contribution < -0.4 is 0 Å². The Morgan fingerprint density at radius 2 is 2.12 bits per heavy atom. The number of nitrogens with zero attached hydrogens (tertiary/aromatic N) is 2. The number of rotatable bonds is 0. The van der Waals surface area contributed by atoms with Crippen LogP contribution >= 0.6 is 35.7 Å². The first-order valence-corrected chi connectivity index (χ1v) is 6.63. The van der Waals surface area contributed by atoms with E-state index in [0.29, 0.717) is 13.1 Å². The predicted octanol–water partition coefficient (Wildman–Crippen LogP) is 3.01. The van der Waals surface area contributed by atoms with Gasteiger partial charge >= 0.3 is 6.09 Å². The second-order valence-corrected chi connectivity index (χ2v) is 5.82. The molecule has 1 aliphatic rings. The van der Waals surface area contributed by atoms with Crippen molar-refractivity contribution < 1.29 is 9.53 Å². The molecule has 1 heterocycles. The van der Waals surface area contributed by atoms with E-state index in [4.69, 9.17) is 4.74 Å². The summed E-state index contributed by atoms with van der Waals surface area (Å²) in [5, 5.41) is 0.990. The maximum absolute atomic E-state index is 11.9. The lowest BCUT2D eigenvalue weighted by Crippen LogP contribution is -2.45. The van der Waals surface area contributed by atoms with Crippen molar-refractivity contribution >= 4 is 46.9 Å². The molecule has 0 unspecified atom stereocenters. The first-order valence-electron chi connectivity index (χ1n) is 5.40. The summed E-state index contributed by atoms with van der Waals surface area (Å²) >= 11 is 1.59. The molecule has 4 nitrogen and oxygen atoms in total. The molecule has 1 amide bonds. The molecule has 0 aromatic rings. The fraction of sp³-hybridized carbons (Fsp3) is 0.818. The smallest absolute Gasteiger partial charge is 0.410 e. The molecule has 0 fully saturated rings. The van der Waals surface area contributed by atoms with Gasteiger partial charge in [0.05, 0.1) is 17.6 Å². The molecule has 0 spiro atoms. The molecule has 1 rings (SSSR count). The minimum atomic E-state index is -0.436. The number of carbonyl (C=O) groups is 1. The second-order valence-electron chi connectivity index (χ2n) is 4.94. The molecular formula is C11H21IN2O2S. The normalized spacial score (nSPS) is 20.4. The molecule has 100 valence electrons. The first-order chi connectivity index (χ1) is 7.31. The molecule has 0 aliphatic carbocycles. The number of thioether (sulfide) groups is 1. The van der Waals surface area contributed by atoms with E-state index in [1.54, 1.807) is 16.7 Å². The van der Waals surface area contributed by atoms with Crippen molar-refractivity contribution in [2.24, 2.45) is 4.99 Å². The lowest BCUT2D eigenvalue weighted by molar-refractivity contribution is 0.0265. The minimum absolute atomic E-state index is 0.